The van der Waals surface area contributed by atoms with E-state index in [2.05, 4.69) is 25.0 Å². The highest BCUT2D eigenvalue weighted by Gasteiger charge is 2.37. The minimum Gasteiger partial charge on any atom is -0.366 e. The molecule has 1 aliphatic heterocycles. The van der Waals surface area contributed by atoms with E-state index in [4.69, 9.17) is 15.0 Å². The van der Waals surface area contributed by atoms with Crippen LogP contribution in [0.25, 0.3) is 10.9 Å². The van der Waals surface area contributed by atoms with Gasteiger partial charge in [0, 0.05) is 13.1 Å². The maximum atomic E-state index is 12.3. The van der Waals surface area contributed by atoms with Crippen LogP contribution in [0.4, 0.5) is 0 Å². The molecule has 0 bridgehead atoms. The number of morpholine rings is 1. The lowest BCUT2D eigenvalue weighted by molar-refractivity contribution is -0.0481. The summed E-state index contributed by atoms with van der Waals surface area (Å²) in [7, 11) is 0. The number of aromatic amines is 1. The third-order valence-electron chi connectivity index (χ3n) is 5.84. The average Bonchev–Trinajstić information content (AvgIpc) is 3.39. The number of nitrogens with two attached hydrogens (primary N) is 1. The van der Waals surface area contributed by atoms with Crippen molar-refractivity contribution in [3.8, 4) is 0 Å². The number of hydrogen-bond acceptors (Lipinski definition) is 8. The number of ether oxygens (including phenoxy) is 1. The first-order valence-electron chi connectivity index (χ1n) is 10.1. The number of benzene rings is 1. The highest BCUT2D eigenvalue weighted by Crippen LogP contribution is 2.35. The van der Waals surface area contributed by atoms with Crippen LogP contribution < -0.4 is 11.3 Å². The first-order valence-corrected chi connectivity index (χ1v) is 10.1. The smallest absolute Gasteiger partial charge is 0.258 e. The second-order valence-electron chi connectivity index (χ2n) is 7.94. The van der Waals surface area contributed by atoms with E-state index >= 15 is 0 Å². The van der Waals surface area contributed by atoms with Crippen LogP contribution in [-0.4, -0.2) is 44.7 Å². The number of nitrogens with zero attached hydrogens (tertiary/aromatic N) is 4. The van der Waals surface area contributed by atoms with Gasteiger partial charge < -0.3 is 20.0 Å². The third-order valence-corrected chi connectivity index (χ3v) is 5.84. The molecule has 0 spiro atoms. The van der Waals surface area contributed by atoms with E-state index in [1.54, 1.807) is 6.07 Å². The summed E-state index contributed by atoms with van der Waals surface area (Å²) in [6, 6.07) is 7.34. The summed E-state index contributed by atoms with van der Waals surface area (Å²) < 4.78 is 11.4. The van der Waals surface area contributed by atoms with E-state index in [1.807, 2.05) is 18.2 Å². The molecule has 0 radical (unpaired) electrons. The number of H-pyrrole nitrogens is 1. The van der Waals surface area contributed by atoms with Crippen molar-refractivity contribution in [3.05, 3.63) is 52.2 Å². The molecule has 3 N–H and O–H groups in total. The zero-order valence-electron chi connectivity index (χ0n) is 16.1. The number of hydrogen-bond donors (Lipinski definition) is 2. The molecule has 3 heterocycles. The molecule has 2 aromatic heterocycles. The van der Waals surface area contributed by atoms with Crippen LogP contribution in [-0.2, 0) is 16.8 Å². The number of fused-ring (bicyclic) bond motifs is 1. The van der Waals surface area contributed by atoms with Crippen molar-refractivity contribution < 1.29 is 9.26 Å². The van der Waals surface area contributed by atoms with Gasteiger partial charge in [-0.1, -0.05) is 30.1 Å². The van der Waals surface area contributed by atoms with Gasteiger partial charge in [-0.15, -0.1) is 0 Å². The Labute approximate surface area is 167 Å². The molecule has 1 saturated carbocycles. The van der Waals surface area contributed by atoms with Gasteiger partial charge in [-0.05, 0) is 25.0 Å². The van der Waals surface area contributed by atoms with Crippen LogP contribution in [0.1, 0.15) is 49.3 Å². The standard InChI is InChI=1S/C20H24N6O3/c21-20(7-3-4-8-20)19-24-18(29-25-19)15-11-26(9-10-28-15)12-16-22-14-6-2-1-5-13(14)17(27)23-16/h1-2,5-6,15H,3-4,7-12,21H2,(H,22,23,27). The van der Waals surface area contributed by atoms with Crippen LogP contribution in [0.5, 0.6) is 0 Å². The first-order chi connectivity index (χ1) is 14.1. The minimum absolute atomic E-state index is 0.123. The van der Waals surface area contributed by atoms with Crippen molar-refractivity contribution >= 4 is 10.9 Å². The van der Waals surface area contributed by atoms with Crippen LogP contribution in [0.15, 0.2) is 33.6 Å². The van der Waals surface area contributed by atoms with E-state index in [0.717, 1.165) is 32.2 Å². The Morgan fingerprint density at radius 2 is 2.07 bits per heavy atom. The summed E-state index contributed by atoms with van der Waals surface area (Å²) >= 11 is 0. The molecule has 5 rings (SSSR count). The Balaban J connectivity index is 1.31. The normalized spacial score (nSPS) is 22.3. The zero-order valence-corrected chi connectivity index (χ0v) is 16.1. The Kier molecular flexibility index (Phi) is 4.65. The molecule has 0 amide bonds. The fraction of sp³-hybridized carbons (Fsp3) is 0.500. The molecule has 1 unspecified atom stereocenters. The van der Waals surface area contributed by atoms with Crippen molar-refractivity contribution in [3.63, 3.8) is 0 Å². The van der Waals surface area contributed by atoms with Crippen LogP contribution in [0, 0.1) is 0 Å². The Bertz CT molecular complexity index is 1070. The quantitative estimate of drug-likeness (QED) is 0.682. The summed E-state index contributed by atoms with van der Waals surface area (Å²) in [6.45, 7) is 2.36. The lowest BCUT2D eigenvalue weighted by Crippen LogP contribution is -2.39. The number of nitrogens with one attached hydrogen (secondary N) is 1. The van der Waals surface area contributed by atoms with Crippen molar-refractivity contribution in [1.82, 2.24) is 25.0 Å². The van der Waals surface area contributed by atoms with Gasteiger partial charge in [0.05, 0.1) is 29.6 Å². The van der Waals surface area contributed by atoms with Gasteiger partial charge >= 0.3 is 0 Å². The zero-order chi connectivity index (χ0) is 19.8. The highest BCUT2D eigenvalue weighted by atomic mass is 16.5. The Morgan fingerprint density at radius 3 is 2.93 bits per heavy atom. The number of aromatic nitrogens is 4. The van der Waals surface area contributed by atoms with Crippen molar-refractivity contribution in [2.75, 3.05) is 19.7 Å². The molecule has 9 nitrogen and oxygen atoms in total. The van der Waals surface area contributed by atoms with Crippen molar-refractivity contribution in [2.45, 2.75) is 43.9 Å². The summed E-state index contributed by atoms with van der Waals surface area (Å²) in [5.74, 6) is 1.67. The summed E-state index contributed by atoms with van der Waals surface area (Å²) in [6.07, 6.45) is 3.62. The molecular formula is C20H24N6O3. The molecule has 3 aromatic rings. The Hall–Kier alpha value is -2.62. The predicted octanol–water partition coefficient (Wildman–Crippen LogP) is 1.61. The summed E-state index contributed by atoms with van der Waals surface area (Å²) in [5, 5.41) is 4.73. The fourth-order valence-corrected chi connectivity index (χ4v) is 4.21. The van der Waals surface area contributed by atoms with E-state index < -0.39 is 5.54 Å². The molecule has 1 aromatic carbocycles. The van der Waals surface area contributed by atoms with E-state index in [0.29, 0.717) is 48.1 Å². The van der Waals surface area contributed by atoms with Gasteiger partial charge in [-0.2, -0.15) is 4.98 Å². The maximum absolute atomic E-state index is 12.3. The minimum atomic E-state index is -0.482. The number of rotatable bonds is 4. The number of para-hydroxylation sites is 1. The largest absolute Gasteiger partial charge is 0.366 e. The predicted molar refractivity (Wildman–Crippen MR) is 105 cm³/mol. The monoisotopic (exact) mass is 396 g/mol. The van der Waals surface area contributed by atoms with Crippen LogP contribution in [0.3, 0.4) is 0 Å². The second kappa shape index (κ2) is 7.33. The first kappa shape index (κ1) is 18.4. The summed E-state index contributed by atoms with van der Waals surface area (Å²) in [4.78, 5) is 26.5. The van der Waals surface area contributed by atoms with Crippen molar-refractivity contribution in [1.29, 1.82) is 0 Å². The SMILES string of the molecule is NC1(c2noc(C3CN(Cc4nc5ccccc5c(=O)[nH]4)CCO3)n2)CCCC1. The van der Waals surface area contributed by atoms with E-state index in [-0.39, 0.29) is 11.7 Å². The van der Waals surface area contributed by atoms with E-state index in [1.165, 1.54) is 0 Å². The van der Waals surface area contributed by atoms with Crippen LogP contribution in [0.2, 0.25) is 0 Å². The van der Waals surface area contributed by atoms with Crippen molar-refractivity contribution in [2.24, 2.45) is 5.73 Å². The fourth-order valence-electron chi connectivity index (χ4n) is 4.21. The molecule has 2 aliphatic rings. The highest BCUT2D eigenvalue weighted by molar-refractivity contribution is 5.77. The van der Waals surface area contributed by atoms with Gasteiger partial charge in [-0.25, -0.2) is 4.98 Å². The summed E-state index contributed by atoms with van der Waals surface area (Å²) in [5.41, 5.74) is 6.53. The van der Waals surface area contributed by atoms with Gasteiger partial charge in [0.15, 0.2) is 5.82 Å². The van der Waals surface area contributed by atoms with E-state index in [9.17, 15) is 4.79 Å². The molecule has 29 heavy (non-hydrogen) atoms. The molecule has 1 saturated heterocycles. The molecule has 9 heteroatoms. The Morgan fingerprint density at radius 1 is 1.24 bits per heavy atom. The molecule has 152 valence electrons. The van der Waals surface area contributed by atoms with Crippen LogP contribution >= 0.6 is 0 Å². The second-order valence-corrected chi connectivity index (χ2v) is 7.94. The topological polar surface area (TPSA) is 123 Å². The third kappa shape index (κ3) is 3.57. The maximum Gasteiger partial charge on any atom is 0.258 e. The average molecular weight is 396 g/mol. The van der Waals surface area contributed by atoms with Gasteiger partial charge in [-0.3, -0.25) is 9.69 Å². The molecular weight excluding hydrogens is 372 g/mol. The lowest BCUT2D eigenvalue weighted by atomic mass is 9.99. The molecule has 1 aliphatic carbocycles. The van der Waals surface area contributed by atoms with Gasteiger partial charge in [0.25, 0.3) is 11.4 Å². The molecule has 2 fully saturated rings. The van der Waals surface area contributed by atoms with Gasteiger partial charge in [0.2, 0.25) is 0 Å². The lowest BCUT2D eigenvalue weighted by Gasteiger charge is -2.30. The molecule has 1 atom stereocenters. The van der Waals surface area contributed by atoms with Gasteiger partial charge in [0.1, 0.15) is 11.9 Å².